The lowest BCUT2D eigenvalue weighted by Crippen LogP contribution is -2.47. The molecule has 0 unspecified atom stereocenters. The third-order valence-electron chi connectivity index (χ3n) is 6.58. The molecule has 0 atom stereocenters. The van der Waals surface area contributed by atoms with Crippen LogP contribution in [0.15, 0.2) is 48.5 Å². The molecular weight excluding hydrogens is 414 g/mol. The average Bonchev–Trinajstić information content (AvgIpc) is 3.21. The van der Waals surface area contributed by atoms with E-state index < -0.39 is 5.60 Å². The molecule has 33 heavy (non-hydrogen) atoms. The fourth-order valence-corrected chi connectivity index (χ4v) is 5.10. The summed E-state index contributed by atoms with van der Waals surface area (Å²) in [4.78, 5) is 13.9. The average molecular weight is 446 g/mol. The van der Waals surface area contributed by atoms with Crippen LogP contribution in [-0.2, 0) is 12.1 Å². The van der Waals surface area contributed by atoms with Gasteiger partial charge in [0, 0.05) is 36.2 Å². The van der Waals surface area contributed by atoms with Crippen molar-refractivity contribution in [1.82, 2.24) is 9.88 Å². The van der Waals surface area contributed by atoms with Crippen LogP contribution in [0, 0.1) is 6.92 Å². The molecule has 1 saturated heterocycles. The molecule has 5 rings (SSSR count). The molecule has 2 aliphatic rings. The number of nitrogens with one attached hydrogen (secondary N) is 1. The topological polar surface area (TPSA) is 78.5 Å². The largest absolute Gasteiger partial charge is 0.491 e. The Balaban J connectivity index is 1.67. The second-order valence-corrected chi connectivity index (χ2v) is 9.23. The number of nitrogens with two attached hydrogens (primary N) is 1. The van der Waals surface area contributed by atoms with Gasteiger partial charge >= 0.3 is 0 Å². The number of hydrogen-bond acceptors (Lipinski definition) is 5. The number of benzene rings is 2. The van der Waals surface area contributed by atoms with Gasteiger partial charge in [-0.1, -0.05) is 12.1 Å². The van der Waals surface area contributed by atoms with Crippen molar-refractivity contribution in [2.75, 3.05) is 13.1 Å². The lowest BCUT2D eigenvalue weighted by Gasteiger charge is -2.43. The van der Waals surface area contributed by atoms with Crippen molar-refractivity contribution < 1.29 is 14.3 Å². The Morgan fingerprint density at radius 2 is 1.94 bits per heavy atom. The highest BCUT2D eigenvalue weighted by atomic mass is 16.5. The van der Waals surface area contributed by atoms with E-state index in [-0.39, 0.29) is 11.9 Å². The minimum absolute atomic E-state index is 0.0152. The number of ether oxygens (including phenoxy) is 2. The Morgan fingerprint density at radius 3 is 2.64 bits per heavy atom. The number of aromatic nitrogens is 1. The number of carbonyl (C=O) groups excluding carboxylic acids is 1. The predicted molar refractivity (Wildman–Crippen MR) is 128 cm³/mol. The molecule has 0 bridgehead atoms. The number of aryl methyl sites for hydroxylation is 1. The molecule has 0 saturated carbocycles. The number of carbonyl (C=O) groups is 1. The molecule has 1 spiro atoms. The van der Waals surface area contributed by atoms with Crippen LogP contribution >= 0.6 is 0 Å². The molecule has 172 valence electrons. The minimum atomic E-state index is -0.562. The molecule has 2 aromatic carbocycles. The zero-order valence-corrected chi connectivity index (χ0v) is 19.5. The highest BCUT2D eigenvalue weighted by Gasteiger charge is 2.46. The van der Waals surface area contributed by atoms with Crippen molar-refractivity contribution in [3.63, 3.8) is 0 Å². The second-order valence-electron chi connectivity index (χ2n) is 9.23. The fourth-order valence-electron chi connectivity index (χ4n) is 5.10. The number of ketones is 1. The molecule has 3 heterocycles. The summed E-state index contributed by atoms with van der Waals surface area (Å²) in [5.74, 6) is 1.62. The van der Waals surface area contributed by atoms with E-state index in [2.05, 4.69) is 9.88 Å². The molecular formula is C27H31N3O3. The van der Waals surface area contributed by atoms with Crippen LogP contribution in [0.5, 0.6) is 11.5 Å². The summed E-state index contributed by atoms with van der Waals surface area (Å²) in [6.07, 6.45) is 1.65. The van der Waals surface area contributed by atoms with E-state index in [9.17, 15) is 4.79 Å². The van der Waals surface area contributed by atoms with Gasteiger partial charge in [0.2, 0.25) is 0 Å². The number of hydrogen-bond donors (Lipinski definition) is 2. The van der Waals surface area contributed by atoms with Gasteiger partial charge in [-0.2, -0.15) is 0 Å². The lowest BCUT2D eigenvalue weighted by atomic mass is 9.83. The molecule has 0 amide bonds. The number of rotatable bonds is 5. The molecule has 1 fully saturated rings. The maximum Gasteiger partial charge on any atom is 0.195 e. The number of nitrogens with zero attached hydrogens (tertiary/aromatic N) is 1. The van der Waals surface area contributed by atoms with E-state index in [0.717, 1.165) is 60.1 Å². The zero-order valence-electron chi connectivity index (χ0n) is 19.5. The first-order valence-electron chi connectivity index (χ1n) is 11.7. The molecule has 6 heteroatoms. The van der Waals surface area contributed by atoms with Crippen molar-refractivity contribution in [3.8, 4) is 17.2 Å². The van der Waals surface area contributed by atoms with Crippen molar-refractivity contribution in [2.45, 2.75) is 51.9 Å². The zero-order chi connectivity index (χ0) is 23.2. The third kappa shape index (κ3) is 3.63. The van der Waals surface area contributed by atoms with Gasteiger partial charge in [-0.15, -0.1) is 0 Å². The molecule has 1 aromatic heterocycles. The first-order chi connectivity index (χ1) is 15.9. The molecule has 3 N–H and O–H groups in total. The van der Waals surface area contributed by atoms with E-state index >= 15 is 0 Å². The van der Waals surface area contributed by atoms with Crippen LogP contribution in [0.1, 0.15) is 59.6 Å². The SMILES string of the molecule is Cc1cc(C(=O)c2cc(CN)n3c2C2(CCNCC2)Oc2ccccc2-3)ccc1OC(C)C. The predicted octanol–water partition coefficient (Wildman–Crippen LogP) is 4.23. The Morgan fingerprint density at radius 1 is 1.18 bits per heavy atom. The fraction of sp³-hybridized carbons (Fsp3) is 0.370. The van der Waals surface area contributed by atoms with Crippen molar-refractivity contribution in [3.05, 3.63) is 76.6 Å². The Hall–Kier alpha value is -3.09. The number of fused-ring (bicyclic) bond motifs is 4. The van der Waals surface area contributed by atoms with Gasteiger partial charge in [0.1, 0.15) is 11.5 Å². The Labute approximate surface area is 194 Å². The van der Waals surface area contributed by atoms with Gasteiger partial charge in [-0.3, -0.25) is 4.79 Å². The van der Waals surface area contributed by atoms with Gasteiger partial charge in [0.25, 0.3) is 0 Å². The van der Waals surface area contributed by atoms with E-state index in [0.29, 0.717) is 17.7 Å². The van der Waals surface area contributed by atoms with E-state index in [1.165, 1.54) is 0 Å². The number of para-hydroxylation sites is 2. The second kappa shape index (κ2) is 8.36. The van der Waals surface area contributed by atoms with Gasteiger partial charge in [0.15, 0.2) is 11.4 Å². The highest BCUT2D eigenvalue weighted by Crippen LogP contribution is 2.47. The molecule has 3 aromatic rings. The molecule has 0 aliphatic carbocycles. The van der Waals surface area contributed by atoms with Gasteiger partial charge in [-0.25, -0.2) is 0 Å². The highest BCUT2D eigenvalue weighted by molar-refractivity contribution is 6.10. The standard InChI is InChI=1S/C27H31N3O3/c1-17(2)32-23-9-8-19(14-18(23)3)25(31)21-15-20(16-28)30-22-6-4-5-7-24(22)33-27(26(21)30)10-12-29-13-11-27/h4-9,14-15,17,29H,10-13,16,28H2,1-3H3. The summed E-state index contributed by atoms with van der Waals surface area (Å²) in [7, 11) is 0. The minimum Gasteiger partial charge on any atom is -0.491 e. The smallest absolute Gasteiger partial charge is 0.195 e. The van der Waals surface area contributed by atoms with Crippen LogP contribution in [0.2, 0.25) is 0 Å². The summed E-state index contributed by atoms with van der Waals surface area (Å²) in [5.41, 5.74) is 10.7. The van der Waals surface area contributed by atoms with Gasteiger partial charge < -0.3 is 25.1 Å². The first-order valence-corrected chi connectivity index (χ1v) is 11.7. The van der Waals surface area contributed by atoms with Crippen molar-refractivity contribution >= 4 is 5.78 Å². The molecule has 6 nitrogen and oxygen atoms in total. The normalized spacial score (nSPS) is 16.3. The van der Waals surface area contributed by atoms with Crippen LogP contribution in [0.25, 0.3) is 5.69 Å². The summed E-state index contributed by atoms with van der Waals surface area (Å²) < 4.78 is 14.7. The monoisotopic (exact) mass is 445 g/mol. The van der Waals surface area contributed by atoms with Crippen LogP contribution in [0.4, 0.5) is 0 Å². The van der Waals surface area contributed by atoms with E-state index in [1.54, 1.807) is 0 Å². The van der Waals surface area contributed by atoms with Crippen LogP contribution in [0.3, 0.4) is 0 Å². The number of piperidine rings is 1. The van der Waals surface area contributed by atoms with E-state index in [1.807, 2.05) is 69.3 Å². The first kappa shape index (κ1) is 21.7. The quantitative estimate of drug-likeness (QED) is 0.575. The Bertz CT molecular complexity index is 1210. The maximum absolute atomic E-state index is 13.9. The van der Waals surface area contributed by atoms with Gasteiger partial charge in [-0.05, 0) is 75.8 Å². The maximum atomic E-state index is 13.9. The molecule has 2 aliphatic heterocycles. The van der Waals surface area contributed by atoms with Gasteiger partial charge in [0.05, 0.1) is 17.5 Å². The van der Waals surface area contributed by atoms with E-state index in [4.69, 9.17) is 15.2 Å². The lowest BCUT2D eigenvalue weighted by molar-refractivity contribution is 0.0192. The summed E-state index contributed by atoms with van der Waals surface area (Å²) in [5, 5.41) is 3.43. The van der Waals surface area contributed by atoms with Crippen molar-refractivity contribution in [2.24, 2.45) is 5.73 Å². The summed E-state index contributed by atoms with van der Waals surface area (Å²) in [6, 6.07) is 15.6. The summed E-state index contributed by atoms with van der Waals surface area (Å²) >= 11 is 0. The third-order valence-corrected chi connectivity index (χ3v) is 6.58. The van der Waals surface area contributed by atoms with Crippen molar-refractivity contribution in [1.29, 1.82) is 0 Å². The molecule has 0 radical (unpaired) electrons. The van der Waals surface area contributed by atoms with Crippen LogP contribution < -0.4 is 20.5 Å². The Kier molecular flexibility index (Phi) is 5.51. The summed E-state index contributed by atoms with van der Waals surface area (Å²) in [6.45, 7) is 7.97. The van der Waals surface area contributed by atoms with Crippen LogP contribution in [-0.4, -0.2) is 29.5 Å².